The Morgan fingerprint density at radius 1 is 1.14 bits per heavy atom. The number of nitrogens with two attached hydrogens (primary N) is 1. The van der Waals surface area contributed by atoms with Crippen LogP contribution >= 0.6 is 24.0 Å². The number of halogens is 1. The number of aliphatic hydroxyl groups excluding tert-OH is 1. The van der Waals surface area contributed by atoms with Gasteiger partial charge in [-0.25, -0.2) is 0 Å². The average molecular weight is 499 g/mol. The van der Waals surface area contributed by atoms with Crippen molar-refractivity contribution < 1.29 is 14.6 Å². The van der Waals surface area contributed by atoms with E-state index in [1.807, 2.05) is 12.1 Å². The van der Waals surface area contributed by atoms with E-state index in [9.17, 15) is 5.11 Å². The fourth-order valence-corrected chi connectivity index (χ4v) is 2.70. The molecule has 2 aromatic carbocycles. The minimum Gasteiger partial charge on any atom is -0.497 e. The van der Waals surface area contributed by atoms with Crippen LogP contribution in [0.3, 0.4) is 0 Å². The van der Waals surface area contributed by atoms with E-state index in [4.69, 9.17) is 15.2 Å². The molecule has 4 N–H and O–H groups in total. The zero-order valence-electron chi connectivity index (χ0n) is 16.8. The van der Waals surface area contributed by atoms with Gasteiger partial charge in [-0.2, -0.15) is 0 Å². The number of nitrogens with zero attached hydrogens (tertiary/aromatic N) is 1. The maximum Gasteiger partial charge on any atom is 0.193 e. The molecule has 0 aliphatic carbocycles. The molecule has 0 heterocycles. The fourth-order valence-electron chi connectivity index (χ4n) is 2.70. The van der Waals surface area contributed by atoms with Crippen molar-refractivity contribution in [1.82, 2.24) is 0 Å². The molecule has 0 saturated carbocycles. The van der Waals surface area contributed by atoms with Crippen molar-refractivity contribution in [2.24, 2.45) is 10.7 Å². The Hall–Kier alpha value is -2.00. The Kier molecular flexibility index (Phi) is 10.1. The lowest BCUT2D eigenvalue weighted by molar-refractivity contribution is 0.182. The van der Waals surface area contributed by atoms with Crippen LogP contribution in [0.5, 0.6) is 11.5 Å². The standard InChI is InChI=1S/C21H29N3O3.HI/c1-5-14(2)15-6-8-16(9-7-15)24-21(22)23-13-19(25)18-12-17(26-3)10-11-20(18)27-4;/h6-12,14,19,25H,5,13H2,1-4H3,(H3,22,23,24);1H. The minimum atomic E-state index is -0.858. The highest BCUT2D eigenvalue weighted by Gasteiger charge is 2.14. The van der Waals surface area contributed by atoms with Crippen LogP contribution in [0.4, 0.5) is 5.69 Å². The Balaban J connectivity index is 0.00000392. The molecule has 28 heavy (non-hydrogen) atoms. The van der Waals surface area contributed by atoms with Crippen molar-refractivity contribution in [3.63, 3.8) is 0 Å². The molecule has 0 fully saturated rings. The van der Waals surface area contributed by atoms with Crippen LogP contribution in [-0.2, 0) is 0 Å². The van der Waals surface area contributed by atoms with Crippen molar-refractivity contribution in [1.29, 1.82) is 0 Å². The third kappa shape index (κ3) is 6.56. The molecule has 0 aromatic heterocycles. The molecule has 0 aliphatic rings. The maximum absolute atomic E-state index is 10.5. The van der Waals surface area contributed by atoms with Gasteiger partial charge in [-0.05, 0) is 48.2 Å². The number of nitrogens with one attached hydrogen (secondary N) is 1. The molecule has 0 aliphatic heterocycles. The Morgan fingerprint density at radius 3 is 2.39 bits per heavy atom. The smallest absolute Gasteiger partial charge is 0.193 e. The molecule has 154 valence electrons. The monoisotopic (exact) mass is 499 g/mol. The van der Waals surface area contributed by atoms with Crippen LogP contribution < -0.4 is 20.5 Å². The molecule has 7 heteroatoms. The largest absolute Gasteiger partial charge is 0.497 e. The van der Waals surface area contributed by atoms with E-state index < -0.39 is 6.10 Å². The number of ether oxygens (including phenoxy) is 2. The van der Waals surface area contributed by atoms with Gasteiger partial charge < -0.3 is 25.6 Å². The van der Waals surface area contributed by atoms with Gasteiger partial charge in [-0.3, -0.25) is 4.99 Å². The van der Waals surface area contributed by atoms with Gasteiger partial charge in [0.05, 0.1) is 20.8 Å². The van der Waals surface area contributed by atoms with Gasteiger partial charge in [-0.1, -0.05) is 26.0 Å². The summed E-state index contributed by atoms with van der Waals surface area (Å²) in [7, 11) is 3.13. The van der Waals surface area contributed by atoms with E-state index in [1.165, 1.54) is 5.56 Å². The molecule has 2 aromatic rings. The van der Waals surface area contributed by atoms with Crippen LogP contribution in [0.1, 0.15) is 43.4 Å². The number of benzene rings is 2. The summed E-state index contributed by atoms with van der Waals surface area (Å²) >= 11 is 0. The molecule has 0 amide bonds. The number of guanidine groups is 1. The van der Waals surface area contributed by atoms with Gasteiger partial charge in [0.25, 0.3) is 0 Å². The van der Waals surface area contributed by atoms with Crippen LogP contribution in [0.25, 0.3) is 0 Å². The van der Waals surface area contributed by atoms with Gasteiger partial charge >= 0.3 is 0 Å². The van der Waals surface area contributed by atoms with E-state index in [0.717, 1.165) is 12.1 Å². The molecule has 0 bridgehead atoms. The minimum absolute atomic E-state index is 0. The molecule has 2 unspecified atom stereocenters. The first-order valence-corrected chi connectivity index (χ1v) is 9.05. The molecule has 0 spiro atoms. The van der Waals surface area contributed by atoms with E-state index in [1.54, 1.807) is 32.4 Å². The quantitative estimate of drug-likeness (QED) is 0.287. The summed E-state index contributed by atoms with van der Waals surface area (Å²) in [5, 5.41) is 13.5. The van der Waals surface area contributed by atoms with Crippen LogP contribution in [0, 0.1) is 0 Å². The number of aliphatic hydroxyl groups is 1. The average Bonchev–Trinajstić information content (AvgIpc) is 2.71. The summed E-state index contributed by atoms with van der Waals surface area (Å²) in [6.45, 7) is 4.48. The zero-order valence-corrected chi connectivity index (χ0v) is 19.1. The predicted molar refractivity (Wildman–Crippen MR) is 125 cm³/mol. The summed E-state index contributed by atoms with van der Waals surface area (Å²) in [5.41, 5.74) is 8.71. The Labute approximate surface area is 184 Å². The van der Waals surface area contributed by atoms with Crippen LogP contribution in [-0.4, -0.2) is 31.8 Å². The summed E-state index contributed by atoms with van der Waals surface area (Å²) < 4.78 is 10.5. The summed E-state index contributed by atoms with van der Waals surface area (Å²) in [5.74, 6) is 1.98. The number of methoxy groups -OCH3 is 2. The molecule has 0 saturated heterocycles. The zero-order chi connectivity index (χ0) is 19.8. The number of aliphatic imine (C=N–C) groups is 1. The third-order valence-corrected chi connectivity index (χ3v) is 4.59. The number of hydrogen-bond acceptors (Lipinski definition) is 4. The Morgan fingerprint density at radius 2 is 1.82 bits per heavy atom. The van der Waals surface area contributed by atoms with Crippen molar-refractivity contribution >= 4 is 35.6 Å². The van der Waals surface area contributed by atoms with E-state index >= 15 is 0 Å². The second-order valence-corrected chi connectivity index (χ2v) is 6.41. The molecule has 6 nitrogen and oxygen atoms in total. The van der Waals surface area contributed by atoms with Crippen molar-refractivity contribution in [3.8, 4) is 11.5 Å². The molecule has 2 atom stereocenters. The highest BCUT2D eigenvalue weighted by Crippen LogP contribution is 2.29. The molecular weight excluding hydrogens is 469 g/mol. The van der Waals surface area contributed by atoms with Gasteiger partial charge in [0.2, 0.25) is 0 Å². The lowest BCUT2D eigenvalue weighted by Crippen LogP contribution is -2.23. The summed E-state index contributed by atoms with van der Waals surface area (Å²) in [4.78, 5) is 4.24. The van der Waals surface area contributed by atoms with Crippen LogP contribution in [0.2, 0.25) is 0 Å². The SMILES string of the molecule is CCC(C)c1ccc(NC(N)=NCC(O)c2cc(OC)ccc2OC)cc1.I. The second-order valence-electron chi connectivity index (χ2n) is 6.41. The topological polar surface area (TPSA) is 89.1 Å². The number of anilines is 1. The van der Waals surface area contributed by atoms with E-state index in [0.29, 0.717) is 23.0 Å². The second kappa shape index (κ2) is 11.8. The number of rotatable bonds is 8. The maximum atomic E-state index is 10.5. The van der Waals surface area contributed by atoms with Crippen molar-refractivity contribution in [2.45, 2.75) is 32.3 Å². The molecule has 0 radical (unpaired) electrons. The van der Waals surface area contributed by atoms with Crippen LogP contribution in [0.15, 0.2) is 47.5 Å². The van der Waals surface area contributed by atoms with E-state index in [2.05, 4.69) is 36.3 Å². The van der Waals surface area contributed by atoms with Gasteiger partial charge in [0.1, 0.15) is 17.6 Å². The van der Waals surface area contributed by atoms with Gasteiger partial charge in [0.15, 0.2) is 5.96 Å². The highest BCUT2D eigenvalue weighted by molar-refractivity contribution is 14.0. The van der Waals surface area contributed by atoms with Crippen molar-refractivity contribution in [3.05, 3.63) is 53.6 Å². The van der Waals surface area contributed by atoms with E-state index in [-0.39, 0.29) is 36.5 Å². The number of hydrogen-bond donors (Lipinski definition) is 3. The molecular formula is C21H30IN3O3. The lowest BCUT2D eigenvalue weighted by Gasteiger charge is -2.15. The lowest BCUT2D eigenvalue weighted by atomic mass is 9.99. The molecule has 2 rings (SSSR count). The van der Waals surface area contributed by atoms with Gasteiger partial charge in [-0.15, -0.1) is 24.0 Å². The summed E-state index contributed by atoms with van der Waals surface area (Å²) in [6, 6.07) is 13.4. The Bertz CT molecular complexity index is 766. The normalized spacial score (nSPS) is 13.2. The summed E-state index contributed by atoms with van der Waals surface area (Å²) in [6.07, 6.45) is 0.241. The van der Waals surface area contributed by atoms with Gasteiger partial charge in [0, 0.05) is 11.3 Å². The first kappa shape index (κ1) is 24.0. The highest BCUT2D eigenvalue weighted by atomic mass is 127. The fraction of sp³-hybridized carbons (Fsp3) is 0.381. The first-order valence-electron chi connectivity index (χ1n) is 9.05. The third-order valence-electron chi connectivity index (χ3n) is 4.59. The predicted octanol–water partition coefficient (Wildman–Crippen LogP) is 4.30. The van der Waals surface area contributed by atoms with Crippen molar-refractivity contribution in [2.75, 3.05) is 26.1 Å². The first-order chi connectivity index (χ1) is 13.0.